The Morgan fingerprint density at radius 1 is 1.17 bits per heavy atom. The predicted octanol–water partition coefficient (Wildman–Crippen LogP) is 4.62. The highest BCUT2D eigenvalue weighted by atomic mass is 79.9. The molecule has 2 heterocycles. The van der Waals surface area contributed by atoms with Crippen molar-refractivity contribution in [3.05, 3.63) is 88.0 Å². The largest absolute Gasteiger partial charge is 0.496 e. The Hall–Kier alpha value is -2.88. The molecule has 0 bridgehead atoms. The van der Waals surface area contributed by atoms with Gasteiger partial charge < -0.3 is 14.2 Å². The highest BCUT2D eigenvalue weighted by Gasteiger charge is 2.35. The molecular weight excluding hydrogens is 568 g/mol. The fourth-order valence-electron chi connectivity index (χ4n) is 4.00. The molecule has 0 saturated heterocycles. The summed E-state index contributed by atoms with van der Waals surface area (Å²) in [5, 5.41) is 0.435. The van der Waals surface area contributed by atoms with Gasteiger partial charge in [0.1, 0.15) is 17.5 Å². The molecule has 0 fully saturated rings. The van der Waals surface area contributed by atoms with Crippen LogP contribution in [0.25, 0.3) is 6.08 Å². The van der Waals surface area contributed by atoms with E-state index in [0.29, 0.717) is 37.1 Å². The zero-order valence-corrected chi connectivity index (χ0v) is 23.5. The van der Waals surface area contributed by atoms with Gasteiger partial charge in [-0.15, -0.1) is 0 Å². The second kappa shape index (κ2) is 10.6. The third kappa shape index (κ3) is 5.00. The quantitative estimate of drug-likeness (QED) is 0.391. The third-order valence-corrected chi connectivity index (χ3v) is 7.32. The van der Waals surface area contributed by atoms with Crippen molar-refractivity contribution in [2.45, 2.75) is 32.9 Å². The molecule has 0 spiro atoms. The molecule has 0 N–H and O–H groups in total. The number of carbonyl (C=O) groups excluding carboxylic acids is 1. The lowest BCUT2D eigenvalue weighted by molar-refractivity contribution is -0.143. The molecule has 36 heavy (non-hydrogen) atoms. The van der Waals surface area contributed by atoms with E-state index in [0.717, 1.165) is 10.0 Å². The number of aromatic nitrogens is 1. The number of nitrogens with zero attached hydrogens (tertiary/aromatic N) is 2. The molecule has 0 unspecified atom stereocenters. The molecule has 0 aliphatic carbocycles. The van der Waals surface area contributed by atoms with Crippen LogP contribution < -0.4 is 24.4 Å². The molecule has 1 atom stereocenters. The van der Waals surface area contributed by atoms with Gasteiger partial charge in [0.2, 0.25) is 0 Å². The molecule has 10 heteroatoms. The smallest absolute Gasteiger partial charge is 0.338 e. The van der Waals surface area contributed by atoms with E-state index in [-0.39, 0.29) is 17.2 Å². The number of allylic oxidation sites excluding steroid dienone is 1. The van der Waals surface area contributed by atoms with Crippen LogP contribution in [-0.2, 0) is 9.53 Å². The van der Waals surface area contributed by atoms with Crippen molar-refractivity contribution in [1.82, 2.24) is 4.57 Å². The van der Waals surface area contributed by atoms with Gasteiger partial charge in [0.25, 0.3) is 5.56 Å². The maximum atomic E-state index is 13.8. The van der Waals surface area contributed by atoms with Gasteiger partial charge in [-0.3, -0.25) is 9.36 Å². The SMILES string of the molecule is COc1ccc(/C=c2\sc3n(c2=O)[C@@H](c2cc(Br)ccc2OC)C(C(=O)OC(C)C)=C(C)N=3)cc1Cl. The first-order valence-corrected chi connectivity index (χ1v) is 13.0. The van der Waals surface area contributed by atoms with Crippen LogP contribution in [0, 0.1) is 0 Å². The molecule has 0 amide bonds. The van der Waals surface area contributed by atoms with Gasteiger partial charge >= 0.3 is 5.97 Å². The van der Waals surface area contributed by atoms with E-state index in [9.17, 15) is 9.59 Å². The number of carbonyl (C=O) groups is 1. The summed E-state index contributed by atoms with van der Waals surface area (Å²) in [7, 11) is 3.09. The molecule has 4 rings (SSSR count). The standard InChI is InChI=1S/C26H24BrClN2O5S/c1-13(2)35-25(32)22-14(3)29-26-30(23(22)17-12-16(27)7-9-19(17)33-4)24(31)21(36-26)11-15-6-8-20(34-5)18(28)10-15/h6-13,23H,1-5H3/b21-11-/t23-/m0/s1. The molecule has 1 aliphatic heterocycles. The fourth-order valence-corrected chi connectivity index (χ4v) is 5.69. The van der Waals surface area contributed by atoms with E-state index >= 15 is 0 Å². The van der Waals surface area contributed by atoms with Gasteiger partial charge in [0.05, 0.1) is 41.1 Å². The maximum absolute atomic E-state index is 13.8. The predicted molar refractivity (Wildman–Crippen MR) is 144 cm³/mol. The Morgan fingerprint density at radius 3 is 2.50 bits per heavy atom. The number of benzene rings is 2. The van der Waals surface area contributed by atoms with Crippen LogP contribution in [0.2, 0.25) is 5.02 Å². The number of fused-ring (bicyclic) bond motifs is 1. The molecular formula is C26H24BrClN2O5S. The highest BCUT2D eigenvalue weighted by molar-refractivity contribution is 9.10. The van der Waals surface area contributed by atoms with Crippen molar-refractivity contribution in [3.63, 3.8) is 0 Å². The third-order valence-electron chi connectivity index (χ3n) is 5.54. The van der Waals surface area contributed by atoms with Crippen molar-refractivity contribution < 1.29 is 19.0 Å². The molecule has 1 aromatic heterocycles. The molecule has 1 aliphatic rings. The fraction of sp³-hybridized carbons (Fsp3) is 0.269. The summed E-state index contributed by atoms with van der Waals surface area (Å²) in [6.07, 6.45) is 1.41. The van der Waals surface area contributed by atoms with E-state index in [1.165, 1.54) is 15.9 Å². The number of esters is 1. The Balaban J connectivity index is 1.98. The summed E-state index contributed by atoms with van der Waals surface area (Å²) in [5.74, 6) is 0.541. The van der Waals surface area contributed by atoms with E-state index in [1.54, 1.807) is 59.3 Å². The van der Waals surface area contributed by atoms with Crippen molar-refractivity contribution in [2.75, 3.05) is 14.2 Å². The minimum Gasteiger partial charge on any atom is -0.496 e. The number of halogens is 2. The highest BCUT2D eigenvalue weighted by Crippen LogP contribution is 2.37. The number of methoxy groups -OCH3 is 2. The van der Waals surface area contributed by atoms with Crippen LogP contribution in [0.4, 0.5) is 0 Å². The molecule has 0 radical (unpaired) electrons. The lowest BCUT2D eigenvalue weighted by Gasteiger charge is -2.26. The molecule has 0 saturated carbocycles. The van der Waals surface area contributed by atoms with E-state index in [4.69, 9.17) is 25.8 Å². The Labute approximate surface area is 225 Å². The summed E-state index contributed by atoms with van der Waals surface area (Å²) in [4.78, 5) is 32.1. The average molecular weight is 592 g/mol. The van der Waals surface area contributed by atoms with Gasteiger partial charge in [0.15, 0.2) is 4.80 Å². The van der Waals surface area contributed by atoms with Gasteiger partial charge in [-0.2, -0.15) is 0 Å². The minimum atomic E-state index is -0.790. The number of hydrogen-bond donors (Lipinski definition) is 0. The van der Waals surface area contributed by atoms with E-state index in [1.807, 2.05) is 18.2 Å². The van der Waals surface area contributed by atoms with Gasteiger partial charge in [-0.1, -0.05) is 44.9 Å². The topological polar surface area (TPSA) is 79.1 Å². The van der Waals surface area contributed by atoms with Crippen molar-refractivity contribution in [2.24, 2.45) is 4.99 Å². The number of hydrogen-bond acceptors (Lipinski definition) is 7. The first-order chi connectivity index (χ1) is 17.1. The summed E-state index contributed by atoms with van der Waals surface area (Å²) in [5.41, 5.74) is 1.84. The molecule has 2 aromatic carbocycles. The lowest BCUT2D eigenvalue weighted by atomic mass is 9.95. The summed E-state index contributed by atoms with van der Waals surface area (Å²) in [6.45, 7) is 5.30. The number of thiazole rings is 1. The number of rotatable bonds is 6. The van der Waals surface area contributed by atoms with Gasteiger partial charge in [-0.25, -0.2) is 9.79 Å². The zero-order chi connectivity index (χ0) is 26.1. The molecule has 188 valence electrons. The van der Waals surface area contributed by atoms with Crippen molar-refractivity contribution in [1.29, 1.82) is 0 Å². The second-order valence-corrected chi connectivity index (χ2v) is 10.6. The maximum Gasteiger partial charge on any atom is 0.338 e. The monoisotopic (exact) mass is 590 g/mol. The van der Waals surface area contributed by atoms with Crippen LogP contribution in [0.3, 0.4) is 0 Å². The molecule has 3 aromatic rings. The minimum absolute atomic E-state index is 0.284. The van der Waals surface area contributed by atoms with Crippen molar-refractivity contribution in [3.8, 4) is 11.5 Å². The average Bonchev–Trinajstić information content (AvgIpc) is 3.12. The van der Waals surface area contributed by atoms with Crippen LogP contribution in [0.1, 0.15) is 37.9 Å². The zero-order valence-electron chi connectivity index (χ0n) is 20.3. The number of ether oxygens (including phenoxy) is 3. The summed E-state index contributed by atoms with van der Waals surface area (Å²) in [6, 6.07) is 9.95. The van der Waals surface area contributed by atoms with Gasteiger partial charge in [0, 0.05) is 10.0 Å². The lowest BCUT2D eigenvalue weighted by Crippen LogP contribution is -2.40. The molecule has 7 nitrogen and oxygen atoms in total. The second-order valence-electron chi connectivity index (χ2n) is 8.32. The van der Waals surface area contributed by atoms with E-state index < -0.39 is 12.0 Å². The Morgan fingerprint density at radius 2 is 1.86 bits per heavy atom. The van der Waals surface area contributed by atoms with Crippen LogP contribution in [-0.4, -0.2) is 30.9 Å². The summed E-state index contributed by atoms with van der Waals surface area (Å²) >= 11 is 11.0. The first-order valence-electron chi connectivity index (χ1n) is 11.0. The van der Waals surface area contributed by atoms with Gasteiger partial charge in [-0.05, 0) is 62.7 Å². The Kier molecular flexibility index (Phi) is 7.73. The van der Waals surface area contributed by atoms with Crippen LogP contribution in [0.15, 0.2) is 61.9 Å². The summed E-state index contributed by atoms with van der Waals surface area (Å²) < 4.78 is 19.1. The van der Waals surface area contributed by atoms with Crippen LogP contribution >= 0.6 is 38.9 Å². The first kappa shape index (κ1) is 26.2. The van der Waals surface area contributed by atoms with Crippen LogP contribution in [0.5, 0.6) is 11.5 Å². The Bertz CT molecular complexity index is 1560. The normalized spacial score (nSPS) is 15.6. The van der Waals surface area contributed by atoms with Crippen molar-refractivity contribution >= 4 is 50.9 Å². The van der Waals surface area contributed by atoms with E-state index in [2.05, 4.69) is 20.9 Å².